The molecule has 0 N–H and O–H groups in total. The molecule has 0 aliphatic rings. The lowest BCUT2D eigenvalue weighted by atomic mass is 10.5. The zero-order chi connectivity index (χ0) is 27.8. The smallest absolute Gasteiger partial charge is 0.173 e. The molecule has 0 saturated heterocycles. The first kappa shape index (κ1) is 37.7. The molecule has 0 aromatic heterocycles. The van der Waals surface area contributed by atoms with Gasteiger partial charge in [-0.2, -0.15) is 0 Å². The van der Waals surface area contributed by atoms with E-state index in [0.29, 0.717) is 6.61 Å². The predicted octanol–water partition coefficient (Wildman–Crippen LogP) is 7.57. The summed E-state index contributed by atoms with van der Waals surface area (Å²) in [5, 5.41) is 0. The second kappa shape index (κ2) is 24.5. The summed E-state index contributed by atoms with van der Waals surface area (Å²) in [4.78, 5) is 0. The van der Waals surface area contributed by atoms with Crippen molar-refractivity contribution in [1.82, 2.24) is 0 Å². The molecule has 224 valence electrons. The normalized spacial score (nSPS) is 14.8. The molecule has 0 radical (unpaired) electrons. The summed E-state index contributed by atoms with van der Waals surface area (Å²) in [5.41, 5.74) is 0. The third-order valence-electron chi connectivity index (χ3n) is 7.12. The van der Waals surface area contributed by atoms with Gasteiger partial charge in [0.15, 0.2) is 17.4 Å². The first-order valence-corrected chi connectivity index (χ1v) is 27.4. The molecule has 0 aliphatic heterocycles. The molecule has 0 aromatic rings. The Hall–Kier alpha value is 0.668. The molecule has 0 rings (SSSR count). The lowest BCUT2D eigenvalue weighted by molar-refractivity contribution is 0.0475. The third-order valence-corrected chi connectivity index (χ3v) is 20.9. The molecular formula is C28H66O5Si4. The summed E-state index contributed by atoms with van der Waals surface area (Å²) in [6.07, 6.45) is 7.38. The lowest BCUT2D eigenvalue weighted by Crippen LogP contribution is -2.35. The van der Waals surface area contributed by atoms with Gasteiger partial charge < -0.3 is 23.1 Å². The fourth-order valence-electron chi connectivity index (χ4n) is 5.29. The van der Waals surface area contributed by atoms with E-state index < -0.39 is 34.2 Å². The molecule has 0 bridgehead atoms. The highest BCUT2D eigenvalue weighted by molar-refractivity contribution is 6.78. The van der Waals surface area contributed by atoms with Crippen LogP contribution in [0.25, 0.3) is 0 Å². The van der Waals surface area contributed by atoms with E-state index in [2.05, 4.69) is 53.1 Å². The zero-order valence-electron chi connectivity index (χ0n) is 26.3. The van der Waals surface area contributed by atoms with Crippen LogP contribution in [-0.2, 0) is 23.1 Å². The van der Waals surface area contributed by atoms with E-state index in [1.54, 1.807) is 0 Å². The quantitative estimate of drug-likeness (QED) is 0.0690. The summed E-state index contributed by atoms with van der Waals surface area (Å²) in [7, 11) is -4.03. The third kappa shape index (κ3) is 25.4. The highest BCUT2D eigenvalue weighted by Gasteiger charge is 2.25. The van der Waals surface area contributed by atoms with Crippen LogP contribution in [0, 0.1) is 0 Å². The molecule has 0 spiro atoms. The standard InChI is InChI=1S/C28H66O5Si4/c1-9-23-35(5)24-11-15-29-19-20-31-17-13-27-37(8,25-10-2)28-14-18-32-22-21-30-16-12-26-36(6,7)33-34(3)4/h34-35H,9-28H2,1-8H3. The highest BCUT2D eigenvalue weighted by Crippen LogP contribution is 2.26. The summed E-state index contributed by atoms with van der Waals surface area (Å²) >= 11 is 0. The van der Waals surface area contributed by atoms with Crippen LogP contribution >= 0.6 is 0 Å². The van der Waals surface area contributed by atoms with Gasteiger partial charge in [0.1, 0.15) is 0 Å². The van der Waals surface area contributed by atoms with Crippen LogP contribution in [0.2, 0.25) is 75.5 Å². The molecule has 0 amide bonds. The number of hydrogen-bond donors (Lipinski definition) is 0. The average molecular weight is 595 g/mol. The molecule has 9 heteroatoms. The van der Waals surface area contributed by atoms with Gasteiger partial charge in [0, 0.05) is 35.2 Å². The van der Waals surface area contributed by atoms with Crippen LogP contribution < -0.4 is 0 Å². The maximum Gasteiger partial charge on any atom is 0.173 e. The summed E-state index contributed by atoms with van der Waals surface area (Å²) < 4.78 is 29.5. The van der Waals surface area contributed by atoms with Crippen LogP contribution in [-0.4, -0.2) is 87.1 Å². The molecule has 0 heterocycles. The summed E-state index contributed by atoms with van der Waals surface area (Å²) in [6, 6.07) is 8.24. The molecule has 0 saturated carbocycles. The van der Waals surface area contributed by atoms with E-state index in [0.717, 1.165) is 52.7 Å². The minimum atomic E-state index is -1.46. The predicted molar refractivity (Wildman–Crippen MR) is 173 cm³/mol. The van der Waals surface area contributed by atoms with Crippen molar-refractivity contribution in [3.8, 4) is 0 Å². The van der Waals surface area contributed by atoms with Crippen molar-refractivity contribution in [3.63, 3.8) is 0 Å². The van der Waals surface area contributed by atoms with Crippen LogP contribution in [0.1, 0.15) is 52.4 Å². The fourth-order valence-corrected chi connectivity index (χ4v) is 18.0. The monoisotopic (exact) mass is 594 g/mol. The Bertz CT molecular complexity index is 499. The van der Waals surface area contributed by atoms with Gasteiger partial charge in [0.05, 0.1) is 34.5 Å². The van der Waals surface area contributed by atoms with E-state index >= 15 is 0 Å². The number of ether oxygens (including phenoxy) is 4. The van der Waals surface area contributed by atoms with Gasteiger partial charge >= 0.3 is 0 Å². The van der Waals surface area contributed by atoms with Crippen molar-refractivity contribution in [2.45, 2.75) is 128 Å². The molecule has 2 unspecified atom stereocenters. The largest absolute Gasteiger partial charge is 0.458 e. The highest BCUT2D eigenvalue weighted by atomic mass is 28.4. The van der Waals surface area contributed by atoms with E-state index in [4.69, 9.17) is 23.1 Å². The Morgan fingerprint density at radius 2 is 0.973 bits per heavy atom. The van der Waals surface area contributed by atoms with Gasteiger partial charge in [-0.25, -0.2) is 0 Å². The molecule has 0 aliphatic carbocycles. The van der Waals surface area contributed by atoms with E-state index in [9.17, 15) is 0 Å². The van der Waals surface area contributed by atoms with E-state index in [1.807, 2.05) is 0 Å². The van der Waals surface area contributed by atoms with Gasteiger partial charge in [0.25, 0.3) is 0 Å². The minimum absolute atomic E-state index is 0.451. The van der Waals surface area contributed by atoms with Crippen molar-refractivity contribution >= 4 is 34.2 Å². The average Bonchev–Trinajstić information content (AvgIpc) is 2.81. The van der Waals surface area contributed by atoms with Gasteiger partial charge in [-0.05, 0) is 57.9 Å². The lowest BCUT2D eigenvalue weighted by Gasteiger charge is -2.27. The van der Waals surface area contributed by atoms with Gasteiger partial charge in [-0.1, -0.05) is 70.0 Å². The van der Waals surface area contributed by atoms with Gasteiger partial charge in [-0.15, -0.1) is 0 Å². The summed E-state index contributed by atoms with van der Waals surface area (Å²) in [5.74, 6) is 0. The number of rotatable bonds is 28. The van der Waals surface area contributed by atoms with Crippen molar-refractivity contribution < 1.29 is 23.1 Å². The molecule has 37 heavy (non-hydrogen) atoms. The Morgan fingerprint density at radius 3 is 1.41 bits per heavy atom. The van der Waals surface area contributed by atoms with Crippen LogP contribution in [0.5, 0.6) is 0 Å². The van der Waals surface area contributed by atoms with Crippen LogP contribution in [0.4, 0.5) is 0 Å². The zero-order valence-corrected chi connectivity index (χ0v) is 30.6. The summed E-state index contributed by atoms with van der Waals surface area (Å²) in [6.45, 7) is 25.3. The van der Waals surface area contributed by atoms with Crippen molar-refractivity contribution in [1.29, 1.82) is 0 Å². The molecular weight excluding hydrogens is 529 g/mol. The van der Waals surface area contributed by atoms with E-state index in [-0.39, 0.29) is 0 Å². The van der Waals surface area contributed by atoms with Crippen LogP contribution in [0.15, 0.2) is 0 Å². The van der Waals surface area contributed by atoms with Crippen molar-refractivity contribution in [2.24, 2.45) is 0 Å². The molecule has 0 fully saturated rings. The topological polar surface area (TPSA) is 46.2 Å². The second-order valence-electron chi connectivity index (χ2n) is 12.3. The molecule has 2 atom stereocenters. The van der Waals surface area contributed by atoms with Crippen molar-refractivity contribution in [3.05, 3.63) is 0 Å². The fraction of sp³-hybridized carbons (Fsp3) is 1.00. The van der Waals surface area contributed by atoms with Gasteiger partial charge in [-0.3, -0.25) is 0 Å². The Morgan fingerprint density at radius 1 is 0.514 bits per heavy atom. The van der Waals surface area contributed by atoms with Gasteiger partial charge in [0.2, 0.25) is 0 Å². The Labute approximate surface area is 237 Å². The SMILES string of the molecule is CCC[SiH](C)CCCOCCOCCC[Si](C)(CCC)CCCOCCOCCC[Si](C)(C)O[SiH](C)C. The van der Waals surface area contributed by atoms with E-state index in [1.165, 1.54) is 68.4 Å². The maximum absolute atomic E-state index is 6.21. The second-order valence-corrected chi connectivity index (χ2v) is 27.8. The Kier molecular flexibility index (Phi) is 24.9. The Balaban J connectivity index is 3.70. The molecule has 0 aromatic carbocycles. The van der Waals surface area contributed by atoms with Crippen molar-refractivity contribution in [2.75, 3.05) is 52.9 Å². The number of hydrogen-bond acceptors (Lipinski definition) is 5. The first-order chi connectivity index (χ1) is 17.6. The maximum atomic E-state index is 6.21. The van der Waals surface area contributed by atoms with Crippen LogP contribution in [0.3, 0.4) is 0 Å². The first-order valence-electron chi connectivity index (χ1n) is 15.6. The molecule has 5 nitrogen and oxygen atoms in total. The minimum Gasteiger partial charge on any atom is -0.458 e.